The average molecular weight is 333 g/mol. The van der Waals surface area contributed by atoms with Gasteiger partial charge in [0.1, 0.15) is 29.8 Å². The molecule has 0 spiro atoms. The number of rotatable bonds is 5. The highest BCUT2D eigenvalue weighted by Crippen LogP contribution is 2.23. The zero-order chi connectivity index (χ0) is 16.9. The first kappa shape index (κ1) is 16.5. The van der Waals surface area contributed by atoms with Crippen molar-refractivity contribution in [3.05, 3.63) is 35.8 Å². The first-order chi connectivity index (χ1) is 11.7. The van der Waals surface area contributed by atoms with E-state index in [1.807, 2.05) is 30.5 Å². The number of ether oxygens (including phenoxy) is 1. The third kappa shape index (κ3) is 3.76. The van der Waals surface area contributed by atoms with Crippen LogP contribution in [-0.2, 0) is 17.7 Å². The first-order valence-electron chi connectivity index (χ1n) is 8.24. The van der Waals surface area contributed by atoms with Crippen LogP contribution in [0.5, 0.6) is 0 Å². The molecule has 24 heavy (non-hydrogen) atoms. The van der Waals surface area contributed by atoms with Gasteiger partial charge in [0.2, 0.25) is 0 Å². The predicted molar refractivity (Wildman–Crippen MR) is 86.5 cm³/mol. The number of amides is 2. The predicted octanol–water partition coefficient (Wildman–Crippen LogP) is 1.53. The summed E-state index contributed by atoms with van der Waals surface area (Å²) in [7, 11) is 0. The van der Waals surface area contributed by atoms with E-state index in [0.29, 0.717) is 32.8 Å². The van der Waals surface area contributed by atoms with Crippen LogP contribution in [-0.4, -0.2) is 51.9 Å². The van der Waals surface area contributed by atoms with E-state index in [-0.39, 0.29) is 12.1 Å². The zero-order valence-corrected chi connectivity index (χ0v) is 14.1. The van der Waals surface area contributed by atoms with E-state index in [1.165, 1.54) is 0 Å². The summed E-state index contributed by atoms with van der Waals surface area (Å²) in [5, 5.41) is 10.9. The smallest absolute Gasteiger partial charge is 0.317 e. The summed E-state index contributed by atoms with van der Waals surface area (Å²) in [6.07, 6.45) is 2.30. The lowest BCUT2D eigenvalue weighted by Crippen LogP contribution is -2.47. The molecule has 0 bridgehead atoms. The standard InChI is InChI=1S/C16H23N5O3/c1-3-15-19-18-11-21(15)7-6-17-16(22)20-8-9-23-14(10-20)13-5-4-12(2)24-13/h4-5,11,14H,3,6-10H2,1-2H3,(H,17,22)/t14-/m1/s1. The molecule has 3 heterocycles. The Labute approximate surface area is 140 Å². The molecule has 2 amide bonds. The number of aromatic nitrogens is 3. The molecule has 0 saturated carbocycles. The van der Waals surface area contributed by atoms with Crippen molar-refractivity contribution in [3.8, 4) is 0 Å². The summed E-state index contributed by atoms with van der Waals surface area (Å²) in [5.41, 5.74) is 0. The van der Waals surface area contributed by atoms with Crippen LogP contribution in [0.25, 0.3) is 0 Å². The minimum absolute atomic E-state index is 0.0855. The number of morpholine rings is 1. The highest BCUT2D eigenvalue weighted by molar-refractivity contribution is 5.74. The monoisotopic (exact) mass is 333 g/mol. The van der Waals surface area contributed by atoms with Gasteiger partial charge in [-0.3, -0.25) is 0 Å². The minimum Gasteiger partial charge on any atom is -0.464 e. The number of nitrogens with one attached hydrogen (secondary N) is 1. The number of hydrogen-bond acceptors (Lipinski definition) is 5. The molecular formula is C16H23N5O3. The van der Waals surface area contributed by atoms with E-state index < -0.39 is 0 Å². The molecule has 130 valence electrons. The second-order valence-corrected chi connectivity index (χ2v) is 5.78. The van der Waals surface area contributed by atoms with Gasteiger partial charge in [-0.05, 0) is 19.1 Å². The van der Waals surface area contributed by atoms with E-state index in [1.54, 1.807) is 11.2 Å². The molecule has 1 atom stereocenters. The van der Waals surface area contributed by atoms with Crippen LogP contribution in [0.4, 0.5) is 4.79 Å². The van der Waals surface area contributed by atoms with Crippen molar-refractivity contribution in [1.82, 2.24) is 25.0 Å². The lowest BCUT2D eigenvalue weighted by molar-refractivity contribution is -0.0263. The Morgan fingerprint density at radius 2 is 2.33 bits per heavy atom. The van der Waals surface area contributed by atoms with Crippen molar-refractivity contribution < 1.29 is 13.9 Å². The van der Waals surface area contributed by atoms with Crippen LogP contribution >= 0.6 is 0 Å². The first-order valence-corrected chi connectivity index (χ1v) is 8.24. The number of aryl methyl sites for hydroxylation is 2. The van der Waals surface area contributed by atoms with Gasteiger partial charge in [0.15, 0.2) is 0 Å². The lowest BCUT2D eigenvalue weighted by atomic mass is 10.2. The SMILES string of the molecule is CCc1nncn1CCNC(=O)N1CCO[C@@H](c2ccc(C)o2)C1. The number of furan rings is 1. The van der Waals surface area contributed by atoms with Crippen LogP contribution in [0.15, 0.2) is 22.9 Å². The topological polar surface area (TPSA) is 85.4 Å². The van der Waals surface area contributed by atoms with Gasteiger partial charge in [-0.15, -0.1) is 10.2 Å². The fourth-order valence-corrected chi connectivity index (χ4v) is 2.77. The van der Waals surface area contributed by atoms with Crippen LogP contribution in [0, 0.1) is 6.92 Å². The Balaban J connectivity index is 1.49. The van der Waals surface area contributed by atoms with E-state index in [9.17, 15) is 4.79 Å². The normalized spacial score (nSPS) is 17.9. The van der Waals surface area contributed by atoms with Crippen molar-refractivity contribution in [2.75, 3.05) is 26.2 Å². The number of hydrogen-bond donors (Lipinski definition) is 1. The Morgan fingerprint density at radius 1 is 1.46 bits per heavy atom. The molecule has 8 heteroatoms. The van der Waals surface area contributed by atoms with Crippen LogP contribution in [0.2, 0.25) is 0 Å². The van der Waals surface area contributed by atoms with Gasteiger partial charge < -0.3 is 23.9 Å². The number of nitrogens with zero attached hydrogens (tertiary/aromatic N) is 4. The van der Waals surface area contributed by atoms with E-state index in [2.05, 4.69) is 15.5 Å². The molecule has 1 saturated heterocycles. The maximum atomic E-state index is 12.4. The second-order valence-electron chi connectivity index (χ2n) is 5.78. The van der Waals surface area contributed by atoms with E-state index in [4.69, 9.17) is 9.15 Å². The molecule has 1 aliphatic heterocycles. The number of carbonyl (C=O) groups is 1. The Hall–Kier alpha value is -2.35. The van der Waals surface area contributed by atoms with E-state index >= 15 is 0 Å². The average Bonchev–Trinajstić information content (AvgIpc) is 3.23. The minimum atomic E-state index is -0.206. The molecule has 8 nitrogen and oxygen atoms in total. The fraction of sp³-hybridized carbons (Fsp3) is 0.562. The molecule has 1 aliphatic rings. The van der Waals surface area contributed by atoms with Gasteiger partial charge in [-0.1, -0.05) is 6.92 Å². The Kier molecular flexibility index (Phi) is 5.14. The lowest BCUT2D eigenvalue weighted by Gasteiger charge is -2.32. The maximum Gasteiger partial charge on any atom is 0.317 e. The molecule has 0 radical (unpaired) electrons. The van der Waals surface area contributed by atoms with Gasteiger partial charge in [0, 0.05) is 26.1 Å². The number of carbonyl (C=O) groups excluding carboxylic acids is 1. The summed E-state index contributed by atoms with van der Waals surface area (Å²) < 4.78 is 13.3. The van der Waals surface area contributed by atoms with Gasteiger partial charge in [0.25, 0.3) is 0 Å². The zero-order valence-electron chi connectivity index (χ0n) is 14.1. The third-order valence-corrected chi connectivity index (χ3v) is 4.07. The highest BCUT2D eigenvalue weighted by Gasteiger charge is 2.27. The molecule has 0 aliphatic carbocycles. The molecule has 2 aromatic rings. The summed E-state index contributed by atoms with van der Waals surface area (Å²) in [4.78, 5) is 14.1. The molecule has 1 fully saturated rings. The molecular weight excluding hydrogens is 310 g/mol. The number of urea groups is 1. The summed E-state index contributed by atoms with van der Waals surface area (Å²) in [6.45, 7) is 6.69. The van der Waals surface area contributed by atoms with Crippen molar-refractivity contribution in [2.45, 2.75) is 32.9 Å². The molecule has 3 rings (SSSR count). The van der Waals surface area contributed by atoms with Crippen LogP contribution in [0.1, 0.15) is 30.4 Å². The van der Waals surface area contributed by atoms with Crippen molar-refractivity contribution >= 4 is 6.03 Å². The van der Waals surface area contributed by atoms with Crippen molar-refractivity contribution in [2.24, 2.45) is 0 Å². The quantitative estimate of drug-likeness (QED) is 0.897. The molecule has 2 aromatic heterocycles. The van der Waals surface area contributed by atoms with Gasteiger partial charge >= 0.3 is 6.03 Å². The molecule has 1 N–H and O–H groups in total. The van der Waals surface area contributed by atoms with Gasteiger partial charge in [-0.25, -0.2) is 4.79 Å². The largest absolute Gasteiger partial charge is 0.464 e. The second kappa shape index (κ2) is 7.48. The maximum absolute atomic E-state index is 12.4. The van der Waals surface area contributed by atoms with E-state index in [0.717, 1.165) is 23.8 Å². The summed E-state index contributed by atoms with van der Waals surface area (Å²) >= 11 is 0. The fourth-order valence-electron chi connectivity index (χ4n) is 2.77. The molecule has 0 unspecified atom stereocenters. The Bertz CT molecular complexity index is 681. The van der Waals surface area contributed by atoms with Crippen molar-refractivity contribution in [1.29, 1.82) is 0 Å². The van der Waals surface area contributed by atoms with Gasteiger partial charge in [0.05, 0.1) is 13.2 Å². The molecule has 0 aromatic carbocycles. The van der Waals surface area contributed by atoms with Crippen molar-refractivity contribution in [3.63, 3.8) is 0 Å². The van der Waals surface area contributed by atoms with Crippen LogP contribution < -0.4 is 5.32 Å². The highest BCUT2D eigenvalue weighted by atomic mass is 16.5. The third-order valence-electron chi connectivity index (χ3n) is 4.07. The Morgan fingerprint density at radius 3 is 3.08 bits per heavy atom. The summed E-state index contributed by atoms with van der Waals surface area (Å²) in [5.74, 6) is 2.53. The summed E-state index contributed by atoms with van der Waals surface area (Å²) in [6, 6.07) is 3.72. The van der Waals surface area contributed by atoms with Gasteiger partial charge in [-0.2, -0.15) is 0 Å². The van der Waals surface area contributed by atoms with Crippen LogP contribution in [0.3, 0.4) is 0 Å².